The van der Waals surface area contributed by atoms with Crippen molar-refractivity contribution in [1.29, 1.82) is 5.26 Å². The second kappa shape index (κ2) is 9.72. The van der Waals surface area contributed by atoms with Crippen molar-refractivity contribution < 1.29 is 19.8 Å². The van der Waals surface area contributed by atoms with Crippen LogP contribution in [0.15, 0.2) is 84.4 Å². The highest BCUT2D eigenvalue weighted by Gasteiger charge is 2.11. The number of nitrogens with zero attached hydrogens (tertiary/aromatic N) is 1. The lowest BCUT2D eigenvalue weighted by molar-refractivity contribution is -0.132. The van der Waals surface area contributed by atoms with E-state index in [4.69, 9.17) is 10.4 Å². The third-order valence-corrected chi connectivity index (χ3v) is 4.40. The Morgan fingerprint density at radius 1 is 0.742 bits per heavy atom. The number of carboxylic acids is 2. The van der Waals surface area contributed by atoms with Crippen LogP contribution in [0.3, 0.4) is 0 Å². The summed E-state index contributed by atoms with van der Waals surface area (Å²) in [5.41, 5.74) is 3.20. The van der Waals surface area contributed by atoms with Gasteiger partial charge in [0.15, 0.2) is 0 Å². The number of para-hydroxylation sites is 1. The van der Waals surface area contributed by atoms with E-state index < -0.39 is 17.5 Å². The summed E-state index contributed by atoms with van der Waals surface area (Å²) in [7, 11) is 0. The lowest BCUT2D eigenvalue weighted by atomic mass is 10.0. The van der Waals surface area contributed by atoms with Gasteiger partial charge in [0, 0.05) is 11.4 Å². The molecule has 0 spiro atoms. The number of hydrogen-bond donors (Lipinski definition) is 3. The minimum Gasteiger partial charge on any atom is -0.478 e. The van der Waals surface area contributed by atoms with Crippen LogP contribution in [-0.4, -0.2) is 22.2 Å². The second-order valence-electron chi connectivity index (χ2n) is 6.57. The van der Waals surface area contributed by atoms with Gasteiger partial charge in [-0.1, -0.05) is 54.6 Å². The number of nitriles is 1. The monoisotopic (exact) mass is 410 g/mol. The van der Waals surface area contributed by atoms with Gasteiger partial charge in [-0.2, -0.15) is 5.26 Å². The summed E-state index contributed by atoms with van der Waals surface area (Å²) in [6.45, 7) is 0. The van der Waals surface area contributed by atoms with Gasteiger partial charge in [0.1, 0.15) is 11.6 Å². The Bertz CT molecular complexity index is 1190. The zero-order valence-corrected chi connectivity index (χ0v) is 16.3. The summed E-state index contributed by atoms with van der Waals surface area (Å²) >= 11 is 0. The molecule has 0 amide bonds. The average Bonchev–Trinajstić information content (AvgIpc) is 2.78. The molecule has 3 N–H and O–H groups in total. The summed E-state index contributed by atoms with van der Waals surface area (Å²) in [5.74, 6) is -2.40. The molecule has 0 bridgehead atoms. The molecular formula is C25H18N2O4. The minimum atomic E-state index is -1.32. The molecular weight excluding hydrogens is 392 g/mol. The van der Waals surface area contributed by atoms with Gasteiger partial charge in [0.25, 0.3) is 0 Å². The fourth-order valence-corrected chi connectivity index (χ4v) is 2.85. The Hall–Kier alpha value is -4.63. The predicted molar refractivity (Wildman–Crippen MR) is 119 cm³/mol. The standard InChI is InChI=1S/C25H18N2O4/c26-16-20(24(28)29)14-17-6-10-19(11-7-17)23(25(30)31)15-18-8-12-22(13-9-18)27-21-4-2-1-3-5-21/h1-15,27H,(H,28,29)(H,30,31)/b20-14+,23-15+. The maximum absolute atomic E-state index is 11.8. The Labute approximate surface area is 179 Å². The van der Waals surface area contributed by atoms with Crippen molar-refractivity contribution in [2.75, 3.05) is 5.32 Å². The van der Waals surface area contributed by atoms with Crippen molar-refractivity contribution in [2.45, 2.75) is 0 Å². The van der Waals surface area contributed by atoms with Gasteiger partial charge < -0.3 is 15.5 Å². The summed E-state index contributed by atoms with van der Waals surface area (Å²) in [6.07, 6.45) is 2.80. The van der Waals surface area contributed by atoms with Gasteiger partial charge in [-0.25, -0.2) is 9.59 Å². The van der Waals surface area contributed by atoms with Crippen LogP contribution < -0.4 is 5.32 Å². The van der Waals surface area contributed by atoms with E-state index in [1.807, 2.05) is 54.6 Å². The van der Waals surface area contributed by atoms with Gasteiger partial charge >= 0.3 is 11.9 Å². The molecule has 0 atom stereocenters. The van der Waals surface area contributed by atoms with Crippen molar-refractivity contribution in [3.8, 4) is 6.07 Å². The van der Waals surface area contributed by atoms with Gasteiger partial charge in [-0.15, -0.1) is 0 Å². The first-order chi connectivity index (χ1) is 15.0. The van der Waals surface area contributed by atoms with Crippen LogP contribution in [0.4, 0.5) is 11.4 Å². The largest absolute Gasteiger partial charge is 0.478 e. The smallest absolute Gasteiger partial charge is 0.346 e. The predicted octanol–water partition coefficient (Wildman–Crippen LogP) is 5.05. The first kappa shape index (κ1) is 21.1. The highest BCUT2D eigenvalue weighted by molar-refractivity contribution is 6.20. The first-order valence-corrected chi connectivity index (χ1v) is 9.29. The number of carboxylic acid groups (broad SMARTS) is 2. The highest BCUT2D eigenvalue weighted by Crippen LogP contribution is 2.22. The number of anilines is 2. The third kappa shape index (κ3) is 5.68. The van der Waals surface area contributed by atoms with Crippen molar-refractivity contribution >= 4 is 41.0 Å². The fraction of sp³-hybridized carbons (Fsp3) is 0. The Morgan fingerprint density at radius 2 is 1.29 bits per heavy atom. The maximum Gasteiger partial charge on any atom is 0.346 e. The number of nitrogens with one attached hydrogen (secondary N) is 1. The van der Waals surface area contributed by atoms with Crippen LogP contribution in [0.25, 0.3) is 17.7 Å². The summed E-state index contributed by atoms with van der Waals surface area (Å²) in [4.78, 5) is 22.7. The molecule has 6 heteroatoms. The lowest BCUT2D eigenvalue weighted by Gasteiger charge is -2.07. The van der Waals surface area contributed by atoms with Crippen LogP contribution in [0, 0.1) is 11.3 Å². The van der Waals surface area contributed by atoms with E-state index >= 15 is 0 Å². The molecule has 0 saturated carbocycles. The van der Waals surface area contributed by atoms with Gasteiger partial charge in [-0.05, 0) is 53.1 Å². The molecule has 0 aliphatic carbocycles. The van der Waals surface area contributed by atoms with Crippen LogP contribution in [0.1, 0.15) is 16.7 Å². The van der Waals surface area contributed by atoms with Crippen LogP contribution in [-0.2, 0) is 9.59 Å². The number of hydrogen-bond acceptors (Lipinski definition) is 4. The minimum absolute atomic E-state index is 0.0954. The zero-order valence-electron chi connectivity index (χ0n) is 16.3. The Balaban J connectivity index is 1.82. The van der Waals surface area contributed by atoms with Crippen molar-refractivity contribution in [2.24, 2.45) is 0 Å². The normalized spacial score (nSPS) is 11.5. The molecule has 0 aromatic heterocycles. The maximum atomic E-state index is 11.8. The quantitative estimate of drug-likeness (QED) is 0.286. The molecule has 0 saturated heterocycles. The van der Waals surface area contributed by atoms with E-state index in [0.717, 1.165) is 16.9 Å². The molecule has 152 valence electrons. The zero-order chi connectivity index (χ0) is 22.2. The topological polar surface area (TPSA) is 110 Å². The number of rotatable bonds is 7. The Morgan fingerprint density at radius 3 is 1.84 bits per heavy atom. The van der Waals surface area contributed by atoms with Crippen molar-refractivity contribution in [1.82, 2.24) is 0 Å². The van der Waals surface area contributed by atoms with E-state index in [1.165, 1.54) is 6.08 Å². The molecule has 31 heavy (non-hydrogen) atoms. The first-order valence-electron chi connectivity index (χ1n) is 9.29. The molecule has 0 radical (unpaired) electrons. The molecule has 0 heterocycles. The number of carbonyl (C=O) groups is 2. The third-order valence-electron chi connectivity index (χ3n) is 4.40. The van der Waals surface area contributed by atoms with Crippen molar-refractivity contribution in [3.05, 3.63) is 101 Å². The van der Waals surface area contributed by atoms with E-state index in [2.05, 4.69) is 5.32 Å². The molecule has 6 nitrogen and oxygen atoms in total. The number of aliphatic carboxylic acids is 2. The molecule has 0 unspecified atom stereocenters. The van der Waals surface area contributed by atoms with E-state index in [9.17, 15) is 14.7 Å². The summed E-state index contributed by atoms with van der Waals surface area (Å²) in [6, 6.07) is 25.0. The van der Waals surface area contributed by atoms with Crippen molar-refractivity contribution in [3.63, 3.8) is 0 Å². The lowest BCUT2D eigenvalue weighted by Crippen LogP contribution is -2.00. The van der Waals surface area contributed by atoms with Crippen LogP contribution in [0.2, 0.25) is 0 Å². The molecule has 3 rings (SSSR count). The van der Waals surface area contributed by atoms with E-state index in [0.29, 0.717) is 11.1 Å². The molecule has 0 aliphatic heterocycles. The summed E-state index contributed by atoms with van der Waals surface area (Å²) in [5, 5.41) is 30.7. The fourth-order valence-electron chi connectivity index (χ4n) is 2.85. The van der Waals surface area contributed by atoms with Crippen LogP contribution >= 0.6 is 0 Å². The van der Waals surface area contributed by atoms with E-state index in [-0.39, 0.29) is 5.57 Å². The molecule has 0 fully saturated rings. The van der Waals surface area contributed by atoms with E-state index in [1.54, 1.807) is 36.4 Å². The van der Waals surface area contributed by atoms with Gasteiger partial charge in [-0.3, -0.25) is 0 Å². The molecule has 3 aromatic carbocycles. The number of benzene rings is 3. The Kier molecular flexibility index (Phi) is 6.61. The average molecular weight is 410 g/mol. The SMILES string of the molecule is N#C/C(=C\c1ccc(/C(=C\c2ccc(Nc3ccccc3)cc2)C(=O)O)cc1)C(=O)O. The van der Waals surface area contributed by atoms with Gasteiger partial charge in [0.2, 0.25) is 0 Å². The van der Waals surface area contributed by atoms with Crippen LogP contribution in [0.5, 0.6) is 0 Å². The highest BCUT2D eigenvalue weighted by atomic mass is 16.4. The van der Waals surface area contributed by atoms with Gasteiger partial charge in [0.05, 0.1) is 5.57 Å². The summed E-state index contributed by atoms with van der Waals surface area (Å²) < 4.78 is 0. The second-order valence-corrected chi connectivity index (χ2v) is 6.57. The molecule has 0 aliphatic rings. The molecule has 3 aromatic rings.